The molecule has 2 heterocycles. The van der Waals surface area contributed by atoms with Crippen LogP contribution in [0.5, 0.6) is 17.2 Å². The maximum Gasteiger partial charge on any atom is 0.379 e. The molecule has 1 unspecified atom stereocenters. The highest BCUT2D eigenvalue weighted by Crippen LogP contribution is 2.37. The number of ether oxygens (including phenoxy) is 3. The molecular weight excluding hydrogens is 260 g/mol. The first-order valence-corrected chi connectivity index (χ1v) is 6.19. The van der Waals surface area contributed by atoms with E-state index in [1.165, 1.54) is 7.11 Å². The van der Waals surface area contributed by atoms with Gasteiger partial charge in [-0.25, -0.2) is 4.79 Å². The Labute approximate surface area is 115 Å². The smallest absolute Gasteiger partial charge is 0.379 e. The van der Waals surface area contributed by atoms with E-state index in [1.54, 1.807) is 18.2 Å². The third-order valence-electron chi connectivity index (χ3n) is 3.20. The van der Waals surface area contributed by atoms with E-state index < -0.39 is 5.63 Å². The topological polar surface area (TPSA) is 57.9 Å². The summed E-state index contributed by atoms with van der Waals surface area (Å²) in [6.45, 7) is 6.16. The zero-order chi connectivity index (χ0) is 14.3. The zero-order valence-electron chi connectivity index (χ0n) is 11.3. The van der Waals surface area contributed by atoms with Gasteiger partial charge in [-0.05, 0) is 24.6 Å². The summed E-state index contributed by atoms with van der Waals surface area (Å²) in [5.41, 5.74) is 0.816. The van der Waals surface area contributed by atoms with Crippen LogP contribution in [0.1, 0.15) is 6.92 Å². The summed E-state index contributed by atoms with van der Waals surface area (Å²) in [6, 6.07) is 5.04. The van der Waals surface area contributed by atoms with Gasteiger partial charge in [-0.1, -0.05) is 6.58 Å². The molecule has 0 saturated heterocycles. The first-order chi connectivity index (χ1) is 9.58. The van der Waals surface area contributed by atoms with Gasteiger partial charge in [0.25, 0.3) is 0 Å². The summed E-state index contributed by atoms with van der Waals surface area (Å²) >= 11 is 0. The molecule has 0 radical (unpaired) electrons. The summed E-state index contributed by atoms with van der Waals surface area (Å²) < 4.78 is 21.6. The molecular formula is C15H14O5. The number of methoxy groups -OCH3 is 1. The highest BCUT2D eigenvalue weighted by Gasteiger charge is 2.23. The maximum absolute atomic E-state index is 11.6. The van der Waals surface area contributed by atoms with E-state index in [-0.39, 0.29) is 11.9 Å². The van der Waals surface area contributed by atoms with Crippen LogP contribution in [0.3, 0.4) is 0 Å². The monoisotopic (exact) mass is 274 g/mol. The average Bonchev–Trinajstić information content (AvgIpc) is 2.43. The predicted molar refractivity (Wildman–Crippen MR) is 73.8 cm³/mol. The number of rotatable bonds is 2. The lowest BCUT2D eigenvalue weighted by Gasteiger charge is -2.26. The summed E-state index contributed by atoms with van der Waals surface area (Å²) in [4.78, 5) is 11.6. The maximum atomic E-state index is 11.6. The van der Waals surface area contributed by atoms with Gasteiger partial charge in [-0.15, -0.1) is 0 Å². The van der Waals surface area contributed by atoms with Crippen LogP contribution >= 0.6 is 0 Å². The number of hydrogen-bond acceptors (Lipinski definition) is 5. The van der Waals surface area contributed by atoms with Crippen LogP contribution in [0.15, 0.2) is 39.6 Å². The molecule has 104 valence electrons. The molecule has 0 saturated carbocycles. The molecule has 0 fully saturated rings. The highest BCUT2D eigenvalue weighted by atomic mass is 16.6. The van der Waals surface area contributed by atoms with Crippen molar-refractivity contribution < 1.29 is 18.6 Å². The Hall–Kier alpha value is -2.43. The Balaban J connectivity index is 2.12. The van der Waals surface area contributed by atoms with Crippen molar-refractivity contribution in [3.05, 3.63) is 40.8 Å². The van der Waals surface area contributed by atoms with Gasteiger partial charge >= 0.3 is 5.63 Å². The zero-order valence-corrected chi connectivity index (χ0v) is 11.3. The fourth-order valence-corrected chi connectivity index (χ4v) is 2.05. The fraction of sp³-hybridized carbons (Fsp3) is 0.267. The Kier molecular flexibility index (Phi) is 2.89. The van der Waals surface area contributed by atoms with Crippen LogP contribution in [-0.4, -0.2) is 19.8 Å². The predicted octanol–water partition coefficient (Wildman–Crippen LogP) is 2.52. The molecule has 0 spiro atoms. The van der Waals surface area contributed by atoms with Crippen LogP contribution in [0, 0.1) is 0 Å². The molecule has 20 heavy (non-hydrogen) atoms. The van der Waals surface area contributed by atoms with E-state index in [0.29, 0.717) is 29.1 Å². The normalized spacial score (nSPS) is 17.0. The van der Waals surface area contributed by atoms with Crippen molar-refractivity contribution in [2.24, 2.45) is 0 Å². The molecule has 1 aromatic heterocycles. The second-order valence-corrected chi connectivity index (χ2v) is 4.70. The molecule has 1 aromatic carbocycles. The van der Waals surface area contributed by atoms with E-state index in [1.807, 2.05) is 6.92 Å². The molecule has 0 aliphatic carbocycles. The molecule has 5 heteroatoms. The van der Waals surface area contributed by atoms with Crippen LogP contribution in [0.2, 0.25) is 0 Å². The minimum absolute atomic E-state index is 0.158. The van der Waals surface area contributed by atoms with Crippen LogP contribution in [0.4, 0.5) is 0 Å². The van der Waals surface area contributed by atoms with Crippen molar-refractivity contribution in [1.82, 2.24) is 0 Å². The van der Waals surface area contributed by atoms with Gasteiger partial charge in [0, 0.05) is 11.5 Å². The van der Waals surface area contributed by atoms with E-state index in [2.05, 4.69) is 6.58 Å². The van der Waals surface area contributed by atoms with Crippen molar-refractivity contribution >= 4 is 11.0 Å². The van der Waals surface area contributed by atoms with Gasteiger partial charge in [-0.3, -0.25) is 0 Å². The fourth-order valence-electron chi connectivity index (χ4n) is 2.05. The van der Waals surface area contributed by atoms with Crippen molar-refractivity contribution in [3.63, 3.8) is 0 Å². The number of fused-ring (bicyclic) bond motifs is 2. The lowest BCUT2D eigenvalue weighted by molar-refractivity contribution is 0.116. The lowest BCUT2D eigenvalue weighted by Crippen LogP contribution is -2.29. The highest BCUT2D eigenvalue weighted by molar-refractivity contribution is 5.82. The standard InChI is InChI=1S/C15H14O5/c1-8(2)14-7-18-11-6-10-9(4-12(11)19-14)5-13(17-3)15(16)20-10/h4-6,14H,1,7H2,2-3H3. The van der Waals surface area contributed by atoms with Crippen molar-refractivity contribution in [2.45, 2.75) is 13.0 Å². The largest absolute Gasteiger partial charge is 0.490 e. The molecule has 1 aliphatic heterocycles. The van der Waals surface area contributed by atoms with E-state index in [0.717, 1.165) is 5.57 Å². The van der Waals surface area contributed by atoms with Crippen molar-refractivity contribution in [2.75, 3.05) is 13.7 Å². The molecule has 2 aromatic rings. The van der Waals surface area contributed by atoms with E-state index in [9.17, 15) is 4.79 Å². The lowest BCUT2D eigenvalue weighted by atomic mass is 10.1. The molecule has 0 bridgehead atoms. The number of hydrogen-bond donors (Lipinski definition) is 0. The van der Waals surface area contributed by atoms with E-state index in [4.69, 9.17) is 18.6 Å². The Morgan fingerprint density at radius 1 is 1.35 bits per heavy atom. The first kappa shape index (κ1) is 12.6. The molecule has 5 nitrogen and oxygen atoms in total. The number of benzene rings is 1. The van der Waals surface area contributed by atoms with Gasteiger partial charge in [0.15, 0.2) is 17.6 Å². The summed E-state index contributed by atoms with van der Waals surface area (Å²) in [5.74, 6) is 1.32. The molecule has 1 aliphatic rings. The SMILES string of the molecule is C=C(C)C1COc2cc3oc(=O)c(OC)cc3cc2O1. The minimum atomic E-state index is -0.517. The van der Waals surface area contributed by atoms with Gasteiger partial charge in [0.2, 0.25) is 5.75 Å². The first-order valence-electron chi connectivity index (χ1n) is 6.19. The van der Waals surface area contributed by atoms with Crippen LogP contribution in [0.25, 0.3) is 11.0 Å². The minimum Gasteiger partial charge on any atom is -0.490 e. The summed E-state index contributed by atoms with van der Waals surface area (Å²) in [5, 5.41) is 0.714. The van der Waals surface area contributed by atoms with Gasteiger partial charge in [0.1, 0.15) is 12.2 Å². The Morgan fingerprint density at radius 3 is 2.85 bits per heavy atom. The third-order valence-corrected chi connectivity index (χ3v) is 3.20. The second-order valence-electron chi connectivity index (χ2n) is 4.70. The van der Waals surface area contributed by atoms with Gasteiger partial charge < -0.3 is 18.6 Å². The molecule has 1 atom stereocenters. The van der Waals surface area contributed by atoms with E-state index >= 15 is 0 Å². The summed E-state index contributed by atoms with van der Waals surface area (Å²) in [7, 11) is 1.42. The second kappa shape index (κ2) is 4.59. The molecule has 0 amide bonds. The summed E-state index contributed by atoms with van der Waals surface area (Å²) in [6.07, 6.45) is -0.169. The van der Waals surface area contributed by atoms with Crippen molar-refractivity contribution in [1.29, 1.82) is 0 Å². The molecule has 3 rings (SSSR count). The van der Waals surface area contributed by atoms with Crippen LogP contribution < -0.4 is 19.8 Å². The van der Waals surface area contributed by atoms with Crippen molar-refractivity contribution in [3.8, 4) is 17.2 Å². The van der Waals surface area contributed by atoms with Gasteiger partial charge in [-0.2, -0.15) is 0 Å². The van der Waals surface area contributed by atoms with Crippen LogP contribution in [-0.2, 0) is 0 Å². The Morgan fingerprint density at radius 2 is 2.15 bits per heavy atom. The third kappa shape index (κ3) is 2.01. The van der Waals surface area contributed by atoms with Gasteiger partial charge in [0.05, 0.1) is 7.11 Å². The Bertz CT molecular complexity index is 744. The average molecular weight is 274 g/mol. The molecule has 0 N–H and O–H groups in total. The quantitative estimate of drug-likeness (QED) is 0.622.